The van der Waals surface area contributed by atoms with E-state index in [9.17, 15) is 4.79 Å². The smallest absolute Gasteiger partial charge is 0.140 e. The zero-order valence-corrected chi connectivity index (χ0v) is 12.5. The van der Waals surface area contributed by atoms with Gasteiger partial charge in [0, 0.05) is 12.3 Å². The lowest BCUT2D eigenvalue weighted by Crippen LogP contribution is -2.19. The predicted octanol–water partition coefficient (Wildman–Crippen LogP) is 4.01. The van der Waals surface area contributed by atoms with E-state index in [0.29, 0.717) is 18.1 Å². The van der Waals surface area contributed by atoms with Crippen LogP contribution in [0.15, 0.2) is 22.7 Å². The number of ketones is 1. The van der Waals surface area contributed by atoms with Crippen LogP contribution >= 0.6 is 15.9 Å². The maximum Gasteiger partial charge on any atom is 0.140 e. The molecule has 0 radical (unpaired) electrons. The lowest BCUT2D eigenvalue weighted by Gasteiger charge is -2.14. The molecule has 1 fully saturated rings. The average Bonchev–Trinajstić information content (AvgIpc) is 2.76. The lowest BCUT2D eigenvalue weighted by molar-refractivity contribution is -0.123. The van der Waals surface area contributed by atoms with E-state index in [1.165, 1.54) is 12.8 Å². The van der Waals surface area contributed by atoms with E-state index in [2.05, 4.69) is 22.9 Å². The standard InChI is InChI=1S/C15H19BrO2/c1-10-4-3-5-12(10)14(17)9-11-6-7-15(18-2)13(16)8-11/h6-8,10,12H,3-5,9H2,1-2H3. The SMILES string of the molecule is COc1ccc(CC(=O)C2CCCC2C)cc1Br. The fraction of sp³-hybridized carbons (Fsp3) is 0.533. The van der Waals surface area contributed by atoms with Gasteiger partial charge in [-0.15, -0.1) is 0 Å². The fourth-order valence-electron chi connectivity index (χ4n) is 2.78. The Morgan fingerprint density at radius 3 is 2.78 bits per heavy atom. The van der Waals surface area contributed by atoms with Crippen LogP contribution in [-0.2, 0) is 11.2 Å². The molecule has 0 aliphatic heterocycles. The predicted molar refractivity (Wildman–Crippen MR) is 75.9 cm³/mol. The van der Waals surface area contributed by atoms with Crippen molar-refractivity contribution in [1.29, 1.82) is 0 Å². The van der Waals surface area contributed by atoms with Crippen molar-refractivity contribution in [3.63, 3.8) is 0 Å². The van der Waals surface area contributed by atoms with Crippen LogP contribution in [0.5, 0.6) is 5.75 Å². The molecule has 2 rings (SSSR count). The third-order valence-corrected chi connectivity index (χ3v) is 4.49. The Balaban J connectivity index is 2.05. The van der Waals surface area contributed by atoms with Crippen LogP contribution < -0.4 is 4.74 Å². The second-order valence-electron chi connectivity index (χ2n) is 5.13. The van der Waals surface area contributed by atoms with Crippen molar-refractivity contribution in [2.45, 2.75) is 32.6 Å². The Kier molecular flexibility index (Phi) is 4.44. The summed E-state index contributed by atoms with van der Waals surface area (Å²) in [4.78, 5) is 12.2. The minimum absolute atomic E-state index is 0.269. The molecule has 2 nitrogen and oxygen atoms in total. The molecule has 0 heterocycles. The number of Topliss-reactive ketones (excluding diaryl/α,β-unsaturated/α-hetero) is 1. The zero-order valence-electron chi connectivity index (χ0n) is 10.9. The Labute approximate surface area is 117 Å². The summed E-state index contributed by atoms with van der Waals surface area (Å²) in [7, 11) is 1.64. The van der Waals surface area contributed by atoms with E-state index < -0.39 is 0 Å². The van der Waals surface area contributed by atoms with Gasteiger partial charge < -0.3 is 4.74 Å². The van der Waals surface area contributed by atoms with Crippen molar-refractivity contribution in [2.24, 2.45) is 11.8 Å². The number of rotatable bonds is 4. The van der Waals surface area contributed by atoms with E-state index in [0.717, 1.165) is 22.2 Å². The Hall–Kier alpha value is -0.830. The summed E-state index contributed by atoms with van der Waals surface area (Å²) < 4.78 is 6.10. The molecule has 0 aromatic heterocycles. The highest BCUT2D eigenvalue weighted by Gasteiger charge is 2.29. The monoisotopic (exact) mass is 310 g/mol. The Morgan fingerprint density at radius 1 is 1.44 bits per heavy atom. The second kappa shape index (κ2) is 5.87. The molecule has 0 saturated heterocycles. The molecule has 0 spiro atoms. The first-order valence-corrected chi connectivity index (χ1v) is 7.26. The van der Waals surface area contributed by atoms with E-state index in [4.69, 9.17) is 4.74 Å². The van der Waals surface area contributed by atoms with Crippen LogP contribution in [0.1, 0.15) is 31.7 Å². The molecule has 1 aromatic rings. The molecule has 18 heavy (non-hydrogen) atoms. The summed E-state index contributed by atoms with van der Waals surface area (Å²) in [5.74, 6) is 2.02. The first-order chi connectivity index (χ1) is 8.61. The number of benzene rings is 1. The van der Waals surface area contributed by atoms with E-state index in [1.54, 1.807) is 7.11 Å². The number of halogens is 1. The number of ether oxygens (including phenoxy) is 1. The van der Waals surface area contributed by atoms with Crippen molar-refractivity contribution in [2.75, 3.05) is 7.11 Å². The van der Waals surface area contributed by atoms with Crippen LogP contribution in [-0.4, -0.2) is 12.9 Å². The summed E-state index contributed by atoms with van der Waals surface area (Å²) in [6.45, 7) is 2.19. The summed E-state index contributed by atoms with van der Waals surface area (Å²) in [6.07, 6.45) is 4.00. The first-order valence-electron chi connectivity index (χ1n) is 6.47. The molecule has 1 aliphatic rings. The van der Waals surface area contributed by atoms with Crippen molar-refractivity contribution >= 4 is 21.7 Å². The van der Waals surface area contributed by atoms with Crippen LogP contribution in [0.25, 0.3) is 0 Å². The van der Waals surface area contributed by atoms with Crippen LogP contribution in [0.4, 0.5) is 0 Å². The highest BCUT2D eigenvalue weighted by atomic mass is 79.9. The Morgan fingerprint density at radius 2 is 2.22 bits per heavy atom. The largest absolute Gasteiger partial charge is 0.496 e. The molecule has 0 amide bonds. The van der Waals surface area contributed by atoms with Gasteiger partial charge in [-0.1, -0.05) is 19.4 Å². The number of hydrogen-bond acceptors (Lipinski definition) is 2. The summed E-state index contributed by atoms with van der Waals surface area (Å²) in [5.41, 5.74) is 1.06. The van der Waals surface area contributed by atoms with Crippen molar-refractivity contribution in [1.82, 2.24) is 0 Å². The molecule has 1 aliphatic carbocycles. The number of carbonyl (C=O) groups excluding carboxylic acids is 1. The van der Waals surface area contributed by atoms with Gasteiger partial charge in [0.2, 0.25) is 0 Å². The fourth-order valence-corrected chi connectivity index (χ4v) is 3.36. The minimum Gasteiger partial charge on any atom is -0.496 e. The number of methoxy groups -OCH3 is 1. The van der Waals surface area contributed by atoms with Crippen molar-refractivity contribution in [3.8, 4) is 5.75 Å². The highest BCUT2D eigenvalue weighted by molar-refractivity contribution is 9.10. The van der Waals surface area contributed by atoms with Crippen LogP contribution in [0.3, 0.4) is 0 Å². The molecule has 2 unspecified atom stereocenters. The molecule has 98 valence electrons. The molecule has 3 heteroatoms. The quantitative estimate of drug-likeness (QED) is 0.840. The molecular formula is C15H19BrO2. The Bertz CT molecular complexity index is 442. The topological polar surface area (TPSA) is 26.3 Å². The molecule has 1 saturated carbocycles. The lowest BCUT2D eigenvalue weighted by atomic mass is 9.90. The number of carbonyl (C=O) groups is 1. The van der Waals surface area contributed by atoms with Gasteiger partial charge in [-0.2, -0.15) is 0 Å². The summed E-state index contributed by atoms with van der Waals surface area (Å²) in [6, 6.07) is 5.86. The van der Waals surface area contributed by atoms with Gasteiger partial charge in [-0.25, -0.2) is 0 Å². The molecule has 1 aromatic carbocycles. The molecule has 0 N–H and O–H groups in total. The maximum absolute atomic E-state index is 12.2. The average molecular weight is 311 g/mol. The van der Waals surface area contributed by atoms with E-state index in [1.807, 2.05) is 18.2 Å². The van der Waals surface area contributed by atoms with E-state index in [-0.39, 0.29) is 5.92 Å². The van der Waals surface area contributed by atoms with Gasteiger partial charge in [0.25, 0.3) is 0 Å². The normalized spacial score (nSPS) is 23.1. The van der Waals surface area contributed by atoms with Gasteiger partial charge in [0.15, 0.2) is 0 Å². The van der Waals surface area contributed by atoms with Gasteiger partial charge >= 0.3 is 0 Å². The summed E-state index contributed by atoms with van der Waals surface area (Å²) >= 11 is 3.46. The second-order valence-corrected chi connectivity index (χ2v) is 5.98. The van der Waals surface area contributed by atoms with Crippen LogP contribution in [0, 0.1) is 11.8 Å². The van der Waals surface area contributed by atoms with Crippen molar-refractivity contribution < 1.29 is 9.53 Å². The maximum atomic E-state index is 12.2. The zero-order chi connectivity index (χ0) is 13.1. The summed E-state index contributed by atoms with van der Waals surface area (Å²) in [5, 5.41) is 0. The van der Waals surface area contributed by atoms with E-state index >= 15 is 0 Å². The van der Waals surface area contributed by atoms with Gasteiger partial charge in [0.1, 0.15) is 11.5 Å². The van der Waals surface area contributed by atoms with Gasteiger partial charge in [-0.3, -0.25) is 4.79 Å². The third-order valence-electron chi connectivity index (χ3n) is 3.87. The van der Waals surface area contributed by atoms with Crippen molar-refractivity contribution in [3.05, 3.63) is 28.2 Å². The van der Waals surface area contributed by atoms with Crippen LogP contribution in [0.2, 0.25) is 0 Å². The minimum atomic E-state index is 0.269. The van der Waals surface area contributed by atoms with Gasteiger partial charge in [-0.05, 0) is 52.4 Å². The molecule has 0 bridgehead atoms. The van der Waals surface area contributed by atoms with Gasteiger partial charge in [0.05, 0.1) is 11.6 Å². The highest BCUT2D eigenvalue weighted by Crippen LogP contribution is 2.33. The first kappa shape index (κ1) is 13.6. The third kappa shape index (κ3) is 2.94. The number of hydrogen-bond donors (Lipinski definition) is 0. The molecule has 2 atom stereocenters. The molecular weight excluding hydrogens is 292 g/mol.